The predicted octanol–water partition coefficient (Wildman–Crippen LogP) is 1.96. The molecule has 0 saturated carbocycles. The van der Waals surface area contributed by atoms with E-state index in [-0.39, 0.29) is 6.42 Å². The SMILES string of the molecule is N#CCC1(SCc2ccccc2)N=NNN1. The molecule has 0 amide bonds. The average Bonchev–Trinajstić information content (AvgIpc) is 2.78. The minimum absolute atomic E-state index is 0.279. The van der Waals surface area contributed by atoms with Crippen LogP contribution in [0.4, 0.5) is 0 Å². The molecule has 5 nitrogen and oxygen atoms in total. The van der Waals surface area contributed by atoms with E-state index in [1.165, 1.54) is 5.56 Å². The third-order valence-electron chi connectivity index (χ3n) is 2.15. The summed E-state index contributed by atoms with van der Waals surface area (Å²) in [5.41, 5.74) is 6.67. The molecule has 0 fully saturated rings. The van der Waals surface area contributed by atoms with Crippen LogP contribution in [0.1, 0.15) is 12.0 Å². The lowest BCUT2D eigenvalue weighted by molar-refractivity contribution is 0.497. The molecule has 0 saturated heterocycles. The van der Waals surface area contributed by atoms with Crippen molar-refractivity contribution in [3.8, 4) is 6.07 Å². The van der Waals surface area contributed by atoms with Gasteiger partial charge >= 0.3 is 0 Å². The molecule has 1 aliphatic rings. The van der Waals surface area contributed by atoms with Crippen LogP contribution in [-0.4, -0.2) is 4.99 Å². The molecule has 1 aromatic rings. The Morgan fingerprint density at radius 3 is 2.81 bits per heavy atom. The van der Waals surface area contributed by atoms with Crippen LogP contribution in [0.5, 0.6) is 0 Å². The summed E-state index contributed by atoms with van der Waals surface area (Å²) >= 11 is 1.55. The van der Waals surface area contributed by atoms with Crippen molar-refractivity contribution in [1.29, 1.82) is 5.26 Å². The van der Waals surface area contributed by atoms with Gasteiger partial charge in [0, 0.05) is 5.75 Å². The van der Waals surface area contributed by atoms with E-state index >= 15 is 0 Å². The van der Waals surface area contributed by atoms with Crippen LogP contribution >= 0.6 is 11.8 Å². The van der Waals surface area contributed by atoms with Crippen molar-refractivity contribution in [2.45, 2.75) is 17.2 Å². The number of thioether (sulfide) groups is 1. The number of hydrogen-bond acceptors (Lipinski definition) is 6. The molecule has 1 unspecified atom stereocenters. The summed E-state index contributed by atoms with van der Waals surface area (Å²) < 4.78 is 0. The highest BCUT2D eigenvalue weighted by atomic mass is 32.2. The molecular formula is C10H11N5S. The monoisotopic (exact) mass is 233 g/mol. The van der Waals surface area contributed by atoms with Gasteiger partial charge in [-0.3, -0.25) is 0 Å². The molecule has 1 heterocycles. The second kappa shape index (κ2) is 4.96. The van der Waals surface area contributed by atoms with Crippen LogP contribution in [0.25, 0.3) is 0 Å². The number of hydrazine groups is 1. The Labute approximate surface area is 97.9 Å². The summed E-state index contributed by atoms with van der Waals surface area (Å²) in [5, 5.41) is 16.4. The molecule has 0 aromatic heterocycles. The second-order valence-corrected chi connectivity index (χ2v) is 4.58. The van der Waals surface area contributed by atoms with E-state index in [0.29, 0.717) is 0 Å². The summed E-state index contributed by atoms with van der Waals surface area (Å²) in [6.07, 6.45) is 0.279. The zero-order valence-electron chi connectivity index (χ0n) is 8.55. The molecule has 0 radical (unpaired) electrons. The molecule has 82 valence electrons. The maximum atomic E-state index is 8.76. The Hall–Kier alpha value is -1.58. The fourth-order valence-electron chi connectivity index (χ4n) is 1.32. The number of nitrogens with zero attached hydrogens (tertiary/aromatic N) is 3. The molecule has 0 bridgehead atoms. The van der Waals surface area contributed by atoms with E-state index in [1.54, 1.807) is 11.8 Å². The summed E-state index contributed by atoms with van der Waals surface area (Å²) in [5.74, 6) is 0.788. The highest BCUT2D eigenvalue weighted by Gasteiger charge is 2.33. The summed E-state index contributed by atoms with van der Waals surface area (Å²) in [4.78, 5) is -0.648. The summed E-state index contributed by atoms with van der Waals surface area (Å²) in [6, 6.07) is 12.2. The first-order valence-corrected chi connectivity index (χ1v) is 5.82. The van der Waals surface area contributed by atoms with E-state index in [0.717, 1.165) is 5.75 Å². The zero-order valence-corrected chi connectivity index (χ0v) is 9.37. The fraction of sp³-hybridized carbons (Fsp3) is 0.300. The van der Waals surface area contributed by atoms with Crippen LogP contribution in [0, 0.1) is 11.3 Å². The normalized spacial score (nSPS) is 22.7. The van der Waals surface area contributed by atoms with Crippen LogP contribution in [-0.2, 0) is 5.75 Å². The first-order valence-electron chi connectivity index (χ1n) is 4.83. The highest BCUT2D eigenvalue weighted by Crippen LogP contribution is 2.32. The Kier molecular flexibility index (Phi) is 3.39. The van der Waals surface area contributed by atoms with Gasteiger partial charge in [-0.05, 0) is 5.56 Å². The Morgan fingerprint density at radius 1 is 1.38 bits per heavy atom. The summed E-state index contributed by atoms with van der Waals surface area (Å²) in [7, 11) is 0. The first-order chi connectivity index (χ1) is 7.85. The number of rotatable bonds is 4. The Bertz CT molecular complexity index is 413. The molecule has 1 atom stereocenters. The van der Waals surface area contributed by atoms with Gasteiger partial charge in [-0.2, -0.15) is 10.7 Å². The van der Waals surface area contributed by atoms with E-state index in [2.05, 4.69) is 27.4 Å². The van der Waals surface area contributed by atoms with E-state index in [4.69, 9.17) is 5.26 Å². The lowest BCUT2D eigenvalue weighted by Gasteiger charge is -2.19. The van der Waals surface area contributed by atoms with Gasteiger partial charge < -0.3 is 0 Å². The minimum atomic E-state index is -0.648. The molecule has 2 N–H and O–H groups in total. The van der Waals surface area contributed by atoms with Crippen molar-refractivity contribution in [1.82, 2.24) is 11.0 Å². The summed E-state index contributed by atoms with van der Waals surface area (Å²) in [6.45, 7) is 0. The van der Waals surface area contributed by atoms with Crippen molar-refractivity contribution in [2.75, 3.05) is 0 Å². The number of nitrogens with one attached hydrogen (secondary N) is 2. The lowest BCUT2D eigenvalue weighted by atomic mass is 10.2. The molecule has 1 aliphatic heterocycles. The van der Waals surface area contributed by atoms with Gasteiger partial charge in [-0.1, -0.05) is 35.6 Å². The third-order valence-corrected chi connectivity index (χ3v) is 3.44. The largest absolute Gasteiger partial charge is 0.221 e. The quantitative estimate of drug-likeness (QED) is 0.833. The van der Waals surface area contributed by atoms with Crippen molar-refractivity contribution >= 4 is 11.8 Å². The van der Waals surface area contributed by atoms with Crippen molar-refractivity contribution in [2.24, 2.45) is 10.3 Å². The Morgan fingerprint density at radius 2 is 2.19 bits per heavy atom. The Balaban J connectivity index is 1.98. The smallest absolute Gasteiger partial charge is 0.211 e. The zero-order chi connectivity index (χ0) is 11.3. The van der Waals surface area contributed by atoms with Crippen LogP contribution < -0.4 is 11.0 Å². The van der Waals surface area contributed by atoms with Gasteiger partial charge in [0.1, 0.15) is 0 Å². The van der Waals surface area contributed by atoms with Gasteiger partial charge in [0.2, 0.25) is 4.99 Å². The molecule has 0 aliphatic carbocycles. The van der Waals surface area contributed by atoms with Crippen molar-refractivity contribution in [3.63, 3.8) is 0 Å². The third kappa shape index (κ3) is 2.51. The number of hydrogen-bond donors (Lipinski definition) is 2. The maximum absolute atomic E-state index is 8.76. The van der Waals surface area contributed by atoms with E-state index < -0.39 is 4.99 Å². The first kappa shape index (κ1) is 10.9. The van der Waals surface area contributed by atoms with Gasteiger partial charge in [0.15, 0.2) is 0 Å². The van der Waals surface area contributed by atoms with Crippen LogP contribution in [0.15, 0.2) is 40.7 Å². The van der Waals surface area contributed by atoms with Crippen LogP contribution in [0.3, 0.4) is 0 Å². The molecule has 1 aromatic carbocycles. The molecule has 2 rings (SSSR count). The van der Waals surface area contributed by atoms with Gasteiger partial charge in [0.05, 0.1) is 12.5 Å². The average molecular weight is 233 g/mol. The number of benzene rings is 1. The van der Waals surface area contributed by atoms with Crippen molar-refractivity contribution < 1.29 is 0 Å². The molecular weight excluding hydrogens is 222 g/mol. The maximum Gasteiger partial charge on any atom is 0.211 e. The number of nitriles is 1. The van der Waals surface area contributed by atoms with Crippen LogP contribution in [0.2, 0.25) is 0 Å². The van der Waals surface area contributed by atoms with Gasteiger partial charge in [-0.15, -0.1) is 16.9 Å². The second-order valence-electron chi connectivity index (χ2n) is 3.33. The molecule has 0 spiro atoms. The standard InChI is InChI=1S/C10H11N5S/c11-7-6-10(12-14-15-13-10)16-8-9-4-2-1-3-5-9/h1-5H,6,8H2,(H,12,15)(H,13,14). The topological polar surface area (TPSA) is 72.6 Å². The van der Waals surface area contributed by atoms with E-state index in [9.17, 15) is 0 Å². The predicted molar refractivity (Wildman–Crippen MR) is 61.8 cm³/mol. The fourth-order valence-corrected chi connectivity index (χ4v) is 2.30. The molecule has 16 heavy (non-hydrogen) atoms. The highest BCUT2D eigenvalue weighted by molar-refractivity contribution is 7.99. The lowest BCUT2D eigenvalue weighted by Crippen LogP contribution is -2.41. The minimum Gasteiger partial charge on any atom is -0.221 e. The van der Waals surface area contributed by atoms with E-state index in [1.807, 2.05) is 30.3 Å². The van der Waals surface area contributed by atoms with Crippen molar-refractivity contribution in [3.05, 3.63) is 35.9 Å². The molecule has 6 heteroatoms. The van der Waals surface area contributed by atoms with Gasteiger partial charge in [-0.25, -0.2) is 5.53 Å². The van der Waals surface area contributed by atoms with Gasteiger partial charge in [0.25, 0.3) is 0 Å².